The Bertz CT molecular complexity index is 880. The number of carbonyl (C=O) groups excluding carboxylic acids is 2. The maximum atomic E-state index is 13.5. The standard InChI is InChI=1S/C21H28FN5O2/c1-14(2)12-23-21(29)26-9-5-6-16(13-26)20(28)24-19-10-15(3)27(25-19)18-8-4-7-17(22)11-18/h4,7-8,10-11,14,16H,5-6,9,12-13H2,1-3H3,(H,23,29)(H,24,25,28). The molecule has 1 unspecified atom stereocenters. The van der Waals surface area contributed by atoms with E-state index in [1.807, 2.05) is 20.8 Å². The Balaban J connectivity index is 1.63. The van der Waals surface area contributed by atoms with Gasteiger partial charge in [0.15, 0.2) is 5.82 Å². The summed E-state index contributed by atoms with van der Waals surface area (Å²) in [6.07, 6.45) is 1.51. The molecule has 1 aromatic heterocycles. The minimum Gasteiger partial charge on any atom is -0.338 e. The predicted octanol–water partition coefficient (Wildman–Crippen LogP) is 3.34. The fourth-order valence-electron chi connectivity index (χ4n) is 3.41. The first-order valence-corrected chi connectivity index (χ1v) is 9.99. The highest BCUT2D eigenvalue weighted by Gasteiger charge is 2.29. The molecule has 3 rings (SSSR count). The molecule has 29 heavy (non-hydrogen) atoms. The second-order valence-corrected chi connectivity index (χ2v) is 7.92. The number of urea groups is 1. The highest BCUT2D eigenvalue weighted by Crippen LogP contribution is 2.20. The molecule has 0 aliphatic carbocycles. The van der Waals surface area contributed by atoms with Crippen LogP contribution in [0.15, 0.2) is 30.3 Å². The van der Waals surface area contributed by atoms with E-state index in [0.717, 1.165) is 18.5 Å². The zero-order chi connectivity index (χ0) is 21.0. The maximum absolute atomic E-state index is 13.5. The summed E-state index contributed by atoms with van der Waals surface area (Å²) in [5.74, 6) is 0.00174. The lowest BCUT2D eigenvalue weighted by molar-refractivity contribution is -0.121. The average Bonchev–Trinajstić information content (AvgIpc) is 3.06. The van der Waals surface area contributed by atoms with E-state index in [0.29, 0.717) is 37.1 Å². The van der Waals surface area contributed by atoms with Gasteiger partial charge in [-0.25, -0.2) is 13.9 Å². The van der Waals surface area contributed by atoms with Gasteiger partial charge in [0.2, 0.25) is 5.91 Å². The van der Waals surface area contributed by atoms with Crippen LogP contribution in [0.3, 0.4) is 0 Å². The van der Waals surface area contributed by atoms with Crippen molar-refractivity contribution < 1.29 is 14.0 Å². The first kappa shape index (κ1) is 20.8. The molecule has 2 N–H and O–H groups in total. The van der Waals surface area contributed by atoms with Gasteiger partial charge in [-0.15, -0.1) is 5.10 Å². The Morgan fingerprint density at radius 3 is 2.83 bits per heavy atom. The number of amides is 3. The van der Waals surface area contributed by atoms with Crippen molar-refractivity contribution in [1.29, 1.82) is 0 Å². The summed E-state index contributed by atoms with van der Waals surface area (Å²) in [5.41, 5.74) is 1.37. The van der Waals surface area contributed by atoms with E-state index in [1.165, 1.54) is 12.1 Å². The SMILES string of the molecule is Cc1cc(NC(=O)C2CCCN(C(=O)NCC(C)C)C2)nn1-c1cccc(F)c1. The Kier molecular flexibility index (Phi) is 6.51. The summed E-state index contributed by atoms with van der Waals surface area (Å²) in [6, 6.07) is 7.76. The number of nitrogens with one attached hydrogen (secondary N) is 2. The lowest BCUT2D eigenvalue weighted by Crippen LogP contribution is -2.48. The van der Waals surface area contributed by atoms with Crippen molar-refractivity contribution in [3.8, 4) is 5.69 Å². The van der Waals surface area contributed by atoms with E-state index in [4.69, 9.17) is 0 Å². The second-order valence-electron chi connectivity index (χ2n) is 7.92. The molecule has 0 radical (unpaired) electrons. The molecule has 2 aromatic rings. The second kappa shape index (κ2) is 9.07. The zero-order valence-corrected chi connectivity index (χ0v) is 17.1. The summed E-state index contributed by atoms with van der Waals surface area (Å²) < 4.78 is 15.1. The van der Waals surface area contributed by atoms with Gasteiger partial charge in [-0.1, -0.05) is 19.9 Å². The van der Waals surface area contributed by atoms with Crippen molar-refractivity contribution in [2.45, 2.75) is 33.6 Å². The Labute approximate surface area is 170 Å². The van der Waals surface area contributed by atoms with Crippen molar-refractivity contribution in [2.75, 3.05) is 25.0 Å². The predicted molar refractivity (Wildman–Crippen MR) is 109 cm³/mol. The van der Waals surface area contributed by atoms with Gasteiger partial charge in [-0.05, 0) is 43.9 Å². The van der Waals surface area contributed by atoms with Crippen molar-refractivity contribution >= 4 is 17.8 Å². The number of benzene rings is 1. The molecule has 3 amide bonds. The van der Waals surface area contributed by atoms with Crippen molar-refractivity contribution in [1.82, 2.24) is 20.0 Å². The Morgan fingerprint density at radius 2 is 2.10 bits per heavy atom. The van der Waals surface area contributed by atoms with Gasteiger partial charge in [0.25, 0.3) is 0 Å². The Morgan fingerprint density at radius 1 is 1.31 bits per heavy atom. The number of likely N-dealkylation sites (tertiary alicyclic amines) is 1. The molecule has 1 fully saturated rings. The maximum Gasteiger partial charge on any atom is 0.317 e. The summed E-state index contributed by atoms with van der Waals surface area (Å²) >= 11 is 0. The topological polar surface area (TPSA) is 79.3 Å². The third-order valence-corrected chi connectivity index (χ3v) is 4.93. The molecule has 156 valence electrons. The highest BCUT2D eigenvalue weighted by atomic mass is 19.1. The van der Waals surface area contributed by atoms with Crippen LogP contribution < -0.4 is 10.6 Å². The molecule has 1 aliphatic rings. The van der Waals surface area contributed by atoms with Crippen LogP contribution in [0.2, 0.25) is 0 Å². The number of aromatic nitrogens is 2. The van der Waals surface area contributed by atoms with Gasteiger partial charge in [-0.2, -0.15) is 0 Å². The third-order valence-electron chi connectivity index (χ3n) is 4.93. The minimum absolute atomic E-state index is 0.123. The first-order valence-electron chi connectivity index (χ1n) is 9.99. The summed E-state index contributed by atoms with van der Waals surface area (Å²) in [4.78, 5) is 26.7. The van der Waals surface area contributed by atoms with Crippen LogP contribution in [-0.2, 0) is 4.79 Å². The molecule has 7 nitrogen and oxygen atoms in total. The monoisotopic (exact) mass is 401 g/mol. The summed E-state index contributed by atoms with van der Waals surface area (Å²) in [7, 11) is 0. The Hall–Kier alpha value is -2.90. The first-order chi connectivity index (χ1) is 13.8. The quantitative estimate of drug-likeness (QED) is 0.807. The van der Waals surface area contributed by atoms with Gasteiger partial charge in [-0.3, -0.25) is 4.79 Å². The fraction of sp³-hybridized carbons (Fsp3) is 0.476. The van der Waals surface area contributed by atoms with Crippen molar-refractivity contribution in [3.05, 3.63) is 41.8 Å². The van der Waals surface area contributed by atoms with Crippen molar-refractivity contribution in [2.24, 2.45) is 11.8 Å². The summed E-state index contributed by atoms with van der Waals surface area (Å²) in [6.45, 7) is 7.58. The largest absolute Gasteiger partial charge is 0.338 e. The molecule has 0 bridgehead atoms. The minimum atomic E-state index is -0.346. The molecule has 1 atom stereocenters. The molecule has 0 spiro atoms. The fourth-order valence-corrected chi connectivity index (χ4v) is 3.41. The van der Waals surface area contributed by atoms with E-state index in [1.54, 1.807) is 27.8 Å². The van der Waals surface area contributed by atoms with Crippen LogP contribution in [0.5, 0.6) is 0 Å². The van der Waals surface area contributed by atoms with E-state index in [-0.39, 0.29) is 23.7 Å². The number of rotatable bonds is 5. The van der Waals surface area contributed by atoms with Crippen LogP contribution in [0, 0.1) is 24.6 Å². The van der Waals surface area contributed by atoms with Crippen molar-refractivity contribution in [3.63, 3.8) is 0 Å². The molecule has 1 aliphatic heterocycles. The van der Waals surface area contributed by atoms with Gasteiger partial charge in [0.1, 0.15) is 5.82 Å². The number of aryl methyl sites for hydroxylation is 1. The van der Waals surface area contributed by atoms with Crippen LogP contribution in [-0.4, -0.2) is 46.3 Å². The number of nitrogens with zero attached hydrogens (tertiary/aromatic N) is 3. The average molecular weight is 401 g/mol. The molecular formula is C21H28FN5O2. The van der Waals surface area contributed by atoms with E-state index >= 15 is 0 Å². The van der Waals surface area contributed by atoms with Gasteiger partial charge < -0.3 is 15.5 Å². The number of halogens is 1. The van der Waals surface area contributed by atoms with Crippen LogP contribution >= 0.6 is 0 Å². The lowest BCUT2D eigenvalue weighted by atomic mass is 9.97. The number of hydrogen-bond donors (Lipinski definition) is 2. The lowest BCUT2D eigenvalue weighted by Gasteiger charge is -2.32. The van der Waals surface area contributed by atoms with Crippen LogP contribution in [0.1, 0.15) is 32.4 Å². The molecule has 1 aromatic carbocycles. The van der Waals surface area contributed by atoms with Crippen LogP contribution in [0.25, 0.3) is 5.69 Å². The molecule has 2 heterocycles. The summed E-state index contributed by atoms with van der Waals surface area (Å²) in [5, 5.41) is 10.1. The van der Waals surface area contributed by atoms with Gasteiger partial charge >= 0.3 is 6.03 Å². The van der Waals surface area contributed by atoms with E-state index in [2.05, 4.69) is 15.7 Å². The number of hydrogen-bond acceptors (Lipinski definition) is 3. The highest BCUT2D eigenvalue weighted by molar-refractivity contribution is 5.92. The van der Waals surface area contributed by atoms with E-state index < -0.39 is 0 Å². The zero-order valence-electron chi connectivity index (χ0n) is 17.1. The smallest absolute Gasteiger partial charge is 0.317 e. The number of anilines is 1. The number of carbonyl (C=O) groups is 2. The third kappa shape index (κ3) is 5.34. The molecule has 1 saturated heterocycles. The van der Waals surface area contributed by atoms with Gasteiger partial charge in [0, 0.05) is 31.4 Å². The van der Waals surface area contributed by atoms with Gasteiger partial charge in [0.05, 0.1) is 11.6 Å². The molecule has 8 heteroatoms. The van der Waals surface area contributed by atoms with Crippen LogP contribution in [0.4, 0.5) is 15.0 Å². The molecule has 0 saturated carbocycles. The number of piperidine rings is 1. The van der Waals surface area contributed by atoms with E-state index in [9.17, 15) is 14.0 Å². The normalized spacial score (nSPS) is 16.7. The molecular weight excluding hydrogens is 373 g/mol.